The van der Waals surface area contributed by atoms with Crippen LogP contribution in [-0.4, -0.2) is 17.5 Å². The van der Waals surface area contributed by atoms with Crippen molar-refractivity contribution in [2.45, 2.75) is 97.3 Å². The Balaban J connectivity index is 1.10. The van der Waals surface area contributed by atoms with Gasteiger partial charge >= 0.3 is 0 Å². The maximum absolute atomic E-state index is 7.06. The largest absolute Gasteiger partial charge is 0.456 e. The number of hydrogen-bond donors (Lipinski definition) is 2. The number of thiophene rings is 2. The van der Waals surface area contributed by atoms with E-state index in [1.165, 1.54) is 92.6 Å². The van der Waals surface area contributed by atoms with Gasteiger partial charge in [0.15, 0.2) is 0 Å². The standard InChI is InChI=1S/C53H52N6O2S4/c1-5-9-15-29(7-3)27-53(28-30(8-4)16-10-6-2)35-25-43(33-23-37(54)45(49-47(33)56-64-58-49)41-21-31-17-11-13-19-39(31)60-41)62-51(35)52-36(53)26-44(63-52)34-24-38(55)46(50-48(34)57-65-59-50)42-22-32-18-12-14-20-40(32)61-42/h11-14,17-26,29-30H,5-10,15-16,27-28,54-55H2,1-4H3. The predicted octanol–water partition coefficient (Wildman–Crippen LogP) is 16.6. The Bertz CT molecular complexity index is 3080. The summed E-state index contributed by atoms with van der Waals surface area (Å²) in [6.07, 6.45) is 11.9. The average molecular weight is 933 g/mol. The summed E-state index contributed by atoms with van der Waals surface area (Å²) in [4.78, 5) is 5.07. The number of anilines is 2. The summed E-state index contributed by atoms with van der Waals surface area (Å²) in [7, 11) is 0. The number of aromatic nitrogens is 4. The van der Waals surface area contributed by atoms with Crippen molar-refractivity contribution in [3.8, 4) is 53.3 Å². The van der Waals surface area contributed by atoms with Crippen molar-refractivity contribution in [1.82, 2.24) is 17.5 Å². The van der Waals surface area contributed by atoms with Gasteiger partial charge in [-0.2, -0.15) is 17.5 Å². The summed E-state index contributed by atoms with van der Waals surface area (Å²) < 4.78 is 32.4. The molecule has 8 nitrogen and oxygen atoms in total. The third-order valence-corrected chi connectivity index (χ3v) is 17.6. The molecular weight excluding hydrogens is 881 g/mol. The van der Waals surface area contributed by atoms with Crippen molar-refractivity contribution >= 4 is 102 Å². The summed E-state index contributed by atoms with van der Waals surface area (Å²) in [5.74, 6) is 2.60. The maximum atomic E-state index is 7.06. The molecule has 4 N–H and O–H groups in total. The molecule has 0 saturated carbocycles. The first-order valence-electron chi connectivity index (χ1n) is 23.2. The quantitative estimate of drug-likeness (QED) is 0.0916. The summed E-state index contributed by atoms with van der Waals surface area (Å²) in [5.41, 5.74) is 26.7. The summed E-state index contributed by atoms with van der Waals surface area (Å²) in [6.45, 7) is 9.43. The van der Waals surface area contributed by atoms with Crippen LogP contribution in [0.3, 0.4) is 0 Å². The highest BCUT2D eigenvalue weighted by atomic mass is 32.1. The third kappa shape index (κ3) is 7.10. The molecule has 12 heteroatoms. The second kappa shape index (κ2) is 17.1. The zero-order valence-electron chi connectivity index (χ0n) is 37.2. The van der Waals surface area contributed by atoms with Gasteiger partial charge in [0.2, 0.25) is 0 Å². The van der Waals surface area contributed by atoms with Gasteiger partial charge in [0.1, 0.15) is 44.8 Å². The lowest BCUT2D eigenvalue weighted by Crippen LogP contribution is -2.31. The highest BCUT2D eigenvalue weighted by Gasteiger charge is 2.48. The topological polar surface area (TPSA) is 130 Å². The molecule has 330 valence electrons. The molecule has 4 aromatic carbocycles. The molecule has 2 unspecified atom stereocenters. The molecule has 10 aromatic rings. The number of hydrogen-bond acceptors (Lipinski definition) is 12. The number of nitrogens with zero attached hydrogens (tertiary/aromatic N) is 4. The van der Waals surface area contributed by atoms with E-state index in [0.29, 0.717) is 34.7 Å². The summed E-state index contributed by atoms with van der Waals surface area (Å²) in [5, 5.41) is 2.06. The van der Waals surface area contributed by atoms with Gasteiger partial charge in [0, 0.05) is 58.2 Å². The first kappa shape index (κ1) is 42.2. The van der Waals surface area contributed by atoms with E-state index in [1.54, 1.807) is 0 Å². The van der Waals surface area contributed by atoms with Crippen LogP contribution in [-0.2, 0) is 5.41 Å². The van der Waals surface area contributed by atoms with Crippen LogP contribution in [0.15, 0.2) is 93.8 Å². The molecule has 65 heavy (non-hydrogen) atoms. The zero-order valence-corrected chi connectivity index (χ0v) is 40.5. The smallest absolute Gasteiger partial charge is 0.139 e. The molecule has 0 bridgehead atoms. The van der Waals surface area contributed by atoms with Crippen molar-refractivity contribution in [2.75, 3.05) is 11.5 Å². The van der Waals surface area contributed by atoms with Crippen LogP contribution in [0.4, 0.5) is 11.4 Å². The number of para-hydroxylation sites is 2. The molecule has 0 aliphatic heterocycles. The normalized spacial score (nSPS) is 14.3. The van der Waals surface area contributed by atoms with Gasteiger partial charge in [-0.3, -0.25) is 0 Å². The monoisotopic (exact) mass is 932 g/mol. The summed E-state index contributed by atoms with van der Waals surface area (Å²) in [6, 6.07) is 29.5. The number of nitrogens with two attached hydrogens (primary N) is 2. The van der Waals surface area contributed by atoms with Crippen molar-refractivity contribution in [1.29, 1.82) is 0 Å². The molecule has 0 amide bonds. The number of benzene rings is 4. The van der Waals surface area contributed by atoms with Crippen molar-refractivity contribution in [3.05, 3.63) is 96.1 Å². The number of rotatable bonds is 16. The molecular formula is C53H52N6O2S4. The number of furan rings is 2. The van der Waals surface area contributed by atoms with Gasteiger partial charge in [0.25, 0.3) is 0 Å². The molecule has 6 aromatic heterocycles. The van der Waals surface area contributed by atoms with E-state index in [9.17, 15) is 0 Å². The molecule has 0 spiro atoms. The fourth-order valence-electron chi connectivity index (χ4n) is 10.7. The van der Waals surface area contributed by atoms with Crippen LogP contribution < -0.4 is 11.5 Å². The fraction of sp³-hybridized carbons (Fsp3) is 0.321. The Hall–Kier alpha value is -5.40. The Morgan fingerprint density at radius 2 is 0.985 bits per heavy atom. The van der Waals surface area contributed by atoms with Gasteiger partial charge in [-0.05, 0) is 84.3 Å². The van der Waals surface area contributed by atoms with Crippen LogP contribution in [0.2, 0.25) is 0 Å². The highest BCUT2D eigenvalue weighted by Crippen LogP contribution is 2.63. The molecule has 0 radical (unpaired) electrons. The molecule has 0 fully saturated rings. The Morgan fingerprint density at radius 1 is 0.554 bits per heavy atom. The molecule has 2 atom stereocenters. The van der Waals surface area contributed by atoms with Crippen LogP contribution in [0, 0.1) is 11.8 Å². The molecule has 11 rings (SSSR count). The van der Waals surface area contributed by atoms with E-state index < -0.39 is 0 Å². The second-order valence-electron chi connectivity index (χ2n) is 18.0. The lowest BCUT2D eigenvalue weighted by Gasteiger charge is -2.37. The Kier molecular flexibility index (Phi) is 11.1. The first-order chi connectivity index (χ1) is 31.8. The van der Waals surface area contributed by atoms with E-state index in [2.05, 4.69) is 76.2 Å². The van der Waals surface area contributed by atoms with E-state index in [1.807, 2.05) is 59.1 Å². The SMILES string of the molecule is CCCCC(CC)CC1(CC(CC)CCCC)c2cc(-c3cc(N)c(-c4cc5ccccc5o4)c4nsnc34)sc2-c2sc(-c3cc(N)c(-c4cc5ccccc5o4)c4nsnc34)cc21. The van der Waals surface area contributed by atoms with Crippen molar-refractivity contribution < 1.29 is 8.83 Å². The maximum Gasteiger partial charge on any atom is 0.139 e. The molecule has 1 aliphatic rings. The van der Waals surface area contributed by atoms with Crippen molar-refractivity contribution in [3.63, 3.8) is 0 Å². The minimum Gasteiger partial charge on any atom is -0.456 e. The van der Waals surface area contributed by atoms with Gasteiger partial charge < -0.3 is 20.3 Å². The van der Waals surface area contributed by atoms with Gasteiger partial charge in [-0.1, -0.05) is 115 Å². The lowest BCUT2D eigenvalue weighted by molar-refractivity contribution is 0.266. The summed E-state index contributed by atoms with van der Waals surface area (Å²) >= 11 is 6.22. The minimum absolute atomic E-state index is 0.171. The second-order valence-corrected chi connectivity index (χ2v) is 21.2. The van der Waals surface area contributed by atoms with Crippen LogP contribution in [0.25, 0.3) is 97.3 Å². The Labute approximate surface area is 395 Å². The van der Waals surface area contributed by atoms with E-state index >= 15 is 0 Å². The number of fused-ring (bicyclic) bond motifs is 7. The molecule has 1 aliphatic carbocycles. The number of nitrogen functional groups attached to an aromatic ring is 2. The Morgan fingerprint density at radius 3 is 1.40 bits per heavy atom. The van der Waals surface area contributed by atoms with E-state index in [-0.39, 0.29) is 5.41 Å². The average Bonchev–Trinajstić information content (AvgIpc) is 4.18. The van der Waals surface area contributed by atoms with Crippen LogP contribution in [0.5, 0.6) is 0 Å². The third-order valence-electron chi connectivity index (χ3n) is 14.1. The zero-order chi connectivity index (χ0) is 44.4. The van der Waals surface area contributed by atoms with Crippen molar-refractivity contribution in [2.24, 2.45) is 11.8 Å². The van der Waals surface area contributed by atoms with Gasteiger partial charge in [-0.25, -0.2) is 0 Å². The predicted molar refractivity (Wildman–Crippen MR) is 276 cm³/mol. The first-order valence-corrected chi connectivity index (χ1v) is 26.3. The van der Waals surface area contributed by atoms with E-state index in [0.717, 1.165) is 91.9 Å². The highest BCUT2D eigenvalue weighted by molar-refractivity contribution is 7.26. The lowest BCUT2D eigenvalue weighted by atomic mass is 9.65. The number of unbranched alkanes of at least 4 members (excludes halogenated alkanes) is 2. The molecule has 6 heterocycles. The van der Waals surface area contributed by atoms with E-state index in [4.69, 9.17) is 37.8 Å². The van der Waals surface area contributed by atoms with Crippen LogP contribution in [0.1, 0.15) is 103 Å². The minimum atomic E-state index is -0.171. The molecule has 0 saturated heterocycles. The van der Waals surface area contributed by atoms with Gasteiger partial charge in [0.05, 0.1) is 34.6 Å². The fourth-order valence-corrected chi connectivity index (χ4v) is 14.5. The van der Waals surface area contributed by atoms with Gasteiger partial charge in [-0.15, -0.1) is 22.7 Å². The van der Waals surface area contributed by atoms with Crippen LogP contribution >= 0.6 is 46.1 Å².